The van der Waals surface area contributed by atoms with Gasteiger partial charge >= 0.3 is 0 Å². The van der Waals surface area contributed by atoms with Crippen LogP contribution >= 0.6 is 0 Å². The molecule has 0 atom stereocenters. The summed E-state index contributed by atoms with van der Waals surface area (Å²) in [7, 11) is 0. The Labute approximate surface area is 144 Å². The van der Waals surface area contributed by atoms with Gasteiger partial charge in [-0.15, -0.1) is 0 Å². The lowest BCUT2D eigenvalue weighted by atomic mass is 9.91. The highest BCUT2D eigenvalue weighted by Crippen LogP contribution is 2.25. The first kappa shape index (κ1) is 20.6. The number of nitrogens with zero attached hydrogens (tertiary/aromatic N) is 1. The molecule has 24 heavy (non-hydrogen) atoms. The second-order valence-electron chi connectivity index (χ2n) is 6.53. The molecule has 1 aromatic rings. The third-order valence-electron chi connectivity index (χ3n) is 4.68. The zero-order valence-electron chi connectivity index (χ0n) is 14.7. The number of hydrogen-bond acceptors (Lipinski definition) is 4. The molecule has 0 bridgehead atoms. The van der Waals surface area contributed by atoms with Gasteiger partial charge in [0, 0.05) is 10.5 Å². The minimum Gasteiger partial charge on any atom is -0.388 e. The fraction of sp³-hybridized carbons (Fsp3) is 0.684. The molecule has 0 aromatic heterocycles. The van der Waals surface area contributed by atoms with E-state index in [1.54, 1.807) is 12.1 Å². The van der Waals surface area contributed by atoms with Crippen molar-refractivity contribution in [3.05, 3.63) is 45.5 Å². The minimum absolute atomic E-state index is 0.345. The van der Waals surface area contributed by atoms with Gasteiger partial charge in [0.15, 0.2) is 0 Å². The lowest BCUT2D eigenvalue weighted by Crippen LogP contribution is -2.42. The van der Waals surface area contributed by atoms with Crippen molar-refractivity contribution in [3.63, 3.8) is 0 Å². The molecule has 136 valence electrons. The monoisotopic (exact) mass is 337 g/mol. The highest BCUT2D eigenvalue weighted by Gasteiger charge is 2.43. The molecule has 0 fully saturated rings. The van der Waals surface area contributed by atoms with Crippen molar-refractivity contribution in [1.82, 2.24) is 0 Å². The second kappa shape index (κ2) is 11.2. The van der Waals surface area contributed by atoms with Crippen LogP contribution in [0.25, 0.3) is 0 Å². The maximum atomic E-state index is 11.2. The maximum absolute atomic E-state index is 11.2. The maximum Gasteiger partial charge on any atom is 0.292 e. The summed E-state index contributed by atoms with van der Waals surface area (Å²) in [4.78, 5) is 10.6. The predicted molar refractivity (Wildman–Crippen MR) is 95.6 cm³/mol. The van der Waals surface area contributed by atoms with Gasteiger partial charge in [0.05, 0.1) is 0 Å². The summed E-state index contributed by atoms with van der Waals surface area (Å²) in [6.07, 6.45) is 11.1. The molecule has 0 amide bonds. The molecule has 5 heteroatoms. The normalized spacial score (nSPS) is 11.6. The molecule has 0 aliphatic carbocycles. The van der Waals surface area contributed by atoms with Crippen LogP contribution in [-0.2, 0) is 12.0 Å². The first-order valence-electron chi connectivity index (χ1n) is 9.06. The number of aliphatic hydroxyl groups excluding tert-OH is 2. The predicted octanol–water partition coefficient (Wildman–Crippen LogP) is 3.83. The minimum atomic E-state index is -1.81. The number of rotatable bonds is 13. The van der Waals surface area contributed by atoms with Crippen LogP contribution in [0.5, 0.6) is 0 Å². The first-order chi connectivity index (χ1) is 11.6. The Kier molecular flexibility index (Phi) is 9.57. The zero-order chi connectivity index (χ0) is 17.8. The third-order valence-corrected chi connectivity index (χ3v) is 4.68. The topological polar surface area (TPSA) is 83.6 Å². The summed E-state index contributed by atoms with van der Waals surface area (Å²) in [6.45, 7) is 0.795. The van der Waals surface area contributed by atoms with Crippen molar-refractivity contribution in [3.8, 4) is 0 Å². The molecule has 0 radical (unpaired) electrons. The quantitative estimate of drug-likeness (QED) is 0.325. The molecular weight excluding hydrogens is 306 g/mol. The van der Waals surface area contributed by atoms with Gasteiger partial charge in [-0.25, -0.2) is 0 Å². The SMILES string of the molecule is CCCCCCCCCCc1ccc(C(CO)(CO)[N+](=O)[O-])cc1. The molecule has 0 heterocycles. The third kappa shape index (κ3) is 5.87. The molecule has 2 N–H and O–H groups in total. The van der Waals surface area contributed by atoms with Gasteiger partial charge in [-0.2, -0.15) is 0 Å². The van der Waals surface area contributed by atoms with Gasteiger partial charge in [0.2, 0.25) is 0 Å². The van der Waals surface area contributed by atoms with E-state index in [4.69, 9.17) is 0 Å². The average molecular weight is 337 g/mol. The van der Waals surface area contributed by atoms with Gasteiger partial charge in [-0.1, -0.05) is 76.1 Å². The molecule has 0 aliphatic rings. The summed E-state index contributed by atoms with van der Waals surface area (Å²) in [5.41, 5.74) is -0.327. The van der Waals surface area contributed by atoms with Crippen molar-refractivity contribution >= 4 is 0 Å². The van der Waals surface area contributed by atoms with Crippen LogP contribution in [0.15, 0.2) is 24.3 Å². The highest BCUT2D eigenvalue weighted by atomic mass is 16.6. The number of nitro groups is 1. The molecule has 1 aromatic carbocycles. The Bertz CT molecular complexity index is 469. The van der Waals surface area contributed by atoms with Crippen LogP contribution in [0.1, 0.15) is 69.4 Å². The summed E-state index contributed by atoms with van der Waals surface area (Å²) in [5, 5.41) is 29.9. The highest BCUT2D eigenvalue weighted by molar-refractivity contribution is 5.27. The Hall–Kier alpha value is -1.46. The van der Waals surface area contributed by atoms with Crippen LogP contribution in [0.2, 0.25) is 0 Å². The number of benzene rings is 1. The lowest BCUT2D eigenvalue weighted by molar-refractivity contribution is -0.586. The van der Waals surface area contributed by atoms with Crippen molar-refractivity contribution < 1.29 is 15.1 Å². The van der Waals surface area contributed by atoms with Gasteiger partial charge in [-0.05, 0) is 18.4 Å². The molecule has 0 saturated heterocycles. The van der Waals surface area contributed by atoms with Gasteiger partial charge in [-0.3, -0.25) is 10.1 Å². The van der Waals surface area contributed by atoms with Crippen molar-refractivity contribution in [2.45, 2.75) is 70.3 Å². The average Bonchev–Trinajstić information content (AvgIpc) is 2.60. The van der Waals surface area contributed by atoms with Crippen LogP contribution in [0, 0.1) is 10.1 Å². The molecule has 0 spiro atoms. The number of unbranched alkanes of at least 4 members (excludes halogenated alkanes) is 7. The molecule has 0 saturated carbocycles. The lowest BCUT2D eigenvalue weighted by Gasteiger charge is -2.21. The summed E-state index contributed by atoms with van der Waals surface area (Å²) >= 11 is 0. The number of aliphatic hydroxyl groups is 2. The van der Waals surface area contributed by atoms with Crippen LogP contribution < -0.4 is 0 Å². The Morgan fingerprint density at radius 2 is 1.42 bits per heavy atom. The van der Waals surface area contributed by atoms with Gasteiger partial charge in [0.1, 0.15) is 13.2 Å². The molecule has 5 nitrogen and oxygen atoms in total. The van der Waals surface area contributed by atoms with Crippen molar-refractivity contribution in [1.29, 1.82) is 0 Å². The second-order valence-corrected chi connectivity index (χ2v) is 6.53. The van der Waals surface area contributed by atoms with E-state index < -0.39 is 23.7 Å². The molecule has 0 aliphatic heterocycles. The van der Waals surface area contributed by atoms with E-state index in [1.807, 2.05) is 12.1 Å². The Morgan fingerprint density at radius 1 is 0.917 bits per heavy atom. The van der Waals surface area contributed by atoms with E-state index in [0.29, 0.717) is 5.56 Å². The Morgan fingerprint density at radius 3 is 1.88 bits per heavy atom. The van der Waals surface area contributed by atoms with Crippen molar-refractivity contribution in [2.75, 3.05) is 13.2 Å². The molecular formula is C19H31NO4. The number of hydrogen-bond donors (Lipinski definition) is 2. The molecule has 1 rings (SSSR count). The van der Waals surface area contributed by atoms with Gasteiger partial charge in [0.25, 0.3) is 5.54 Å². The van der Waals surface area contributed by atoms with E-state index in [0.717, 1.165) is 18.4 Å². The fourth-order valence-corrected chi connectivity index (χ4v) is 2.90. The zero-order valence-corrected chi connectivity index (χ0v) is 14.7. The fourth-order valence-electron chi connectivity index (χ4n) is 2.90. The first-order valence-corrected chi connectivity index (χ1v) is 9.06. The summed E-state index contributed by atoms with van der Waals surface area (Å²) < 4.78 is 0. The Balaban J connectivity index is 2.41. The molecule has 0 unspecified atom stereocenters. The number of aryl methyl sites for hydroxylation is 1. The summed E-state index contributed by atoms with van der Waals surface area (Å²) in [5.74, 6) is 0. The van der Waals surface area contributed by atoms with Crippen LogP contribution in [0.4, 0.5) is 0 Å². The van der Waals surface area contributed by atoms with Crippen LogP contribution in [0.3, 0.4) is 0 Å². The van der Waals surface area contributed by atoms with Crippen molar-refractivity contribution in [2.24, 2.45) is 0 Å². The summed E-state index contributed by atoms with van der Waals surface area (Å²) in [6, 6.07) is 7.02. The van der Waals surface area contributed by atoms with Crippen LogP contribution in [-0.4, -0.2) is 28.4 Å². The smallest absolute Gasteiger partial charge is 0.292 e. The van der Waals surface area contributed by atoms with E-state index in [9.17, 15) is 20.3 Å². The largest absolute Gasteiger partial charge is 0.388 e. The van der Waals surface area contributed by atoms with E-state index in [2.05, 4.69) is 6.92 Å². The van der Waals surface area contributed by atoms with E-state index in [-0.39, 0.29) is 0 Å². The van der Waals surface area contributed by atoms with Gasteiger partial charge < -0.3 is 10.2 Å². The standard InChI is InChI=1S/C19H31NO4/c1-2-3-4-5-6-7-8-9-10-17-11-13-18(14-12-17)19(15-21,16-22)20(23)24/h11-14,21-22H,2-10,15-16H2,1H3. The van der Waals surface area contributed by atoms with E-state index in [1.165, 1.54) is 44.9 Å². The van der Waals surface area contributed by atoms with E-state index >= 15 is 0 Å².